The van der Waals surface area contributed by atoms with Gasteiger partial charge in [-0.05, 0) is 37.1 Å². The molecule has 0 radical (unpaired) electrons. The molecule has 1 unspecified atom stereocenters. The lowest BCUT2D eigenvalue weighted by molar-refractivity contribution is -0.121. The fourth-order valence-corrected chi connectivity index (χ4v) is 2.47. The number of nitrogens with two attached hydrogens (primary N) is 2. The summed E-state index contributed by atoms with van der Waals surface area (Å²) in [6, 6.07) is 7.81. The first-order valence-corrected chi connectivity index (χ1v) is 6.56. The first-order chi connectivity index (χ1) is 8.66. The largest absolute Gasteiger partial charge is 0.399 e. The van der Waals surface area contributed by atoms with E-state index in [1.807, 2.05) is 24.3 Å². The molecule has 2 rings (SSSR count). The topological polar surface area (TPSA) is 72.4 Å². The van der Waals surface area contributed by atoms with Crippen LogP contribution in [0.1, 0.15) is 25.7 Å². The van der Waals surface area contributed by atoms with Crippen LogP contribution in [-0.2, 0) is 4.79 Å². The van der Waals surface area contributed by atoms with Crippen LogP contribution in [0.15, 0.2) is 24.3 Å². The highest BCUT2D eigenvalue weighted by molar-refractivity contribution is 5.77. The van der Waals surface area contributed by atoms with Crippen molar-refractivity contribution in [2.24, 2.45) is 11.7 Å². The van der Waals surface area contributed by atoms with Crippen LogP contribution >= 0.6 is 0 Å². The minimum Gasteiger partial charge on any atom is -0.399 e. The quantitative estimate of drug-likeness (QED) is 0.782. The number of nitrogen functional groups attached to an aromatic ring is 1. The molecule has 18 heavy (non-hydrogen) atoms. The minimum atomic E-state index is -0.183. The number of anilines is 2. The predicted molar refractivity (Wildman–Crippen MR) is 74.2 cm³/mol. The maximum absolute atomic E-state index is 11.4. The molecule has 4 N–H and O–H groups in total. The van der Waals surface area contributed by atoms with Crippen molar-refractivity contribution in [1.82, 2.24) is 0 Å². The SMILES string of the molecule is NC(=O)C1CCCCCN(c2ccc(N)cc2)C1. The highest BCUT2D eigenvalue weighted by Gasteiger charge is 2.21. The van der Waals surface area contributed by atoms with Crippen molar-refractivity contribution in [1.29, 1.82) is 0 Å². The molecule has 0 saturated carbocycles. The van der Waals surface area contributed by atoms with Crippen LogP contribution in [0.5, 0.6) is 0 Å². The monoisotopic (exact) mass is 247 g/mol. The first-order valence-electron chi connectivity index (χ1n) is 6.56. The van der Waals surface area contributed by atoms with Crippen LogP contribution in [0, 0.1) is 5.92 Å². The Morgan fingerprint density at radius 1 is 1.17 bits per heavy atom. The van der Waals surface area contributed by atoms with E-state index in [9.17, 15) is 4.79 Å². The molecule has 1 amide bonds. The maximum Gasteiger partial charge on any atom is 0.222 e. The third kappa shape index (κ3) is 3.15. The standard InChI is InChI=1S/C14H21N3O/c15-12-5-7-13(8-6-12)17-9-3-1-2-4-11(10-17)14(16)18/h5-8,11H,1-4,9-10,15H2,(H2,16,18). The lowest BCUT2D eigenvalue weighted by atomic mass is 9.97. The number of rotatable bonds is 2. The molecule has 1 aromatic rings. The zero-order chi connectivity index (χ0) is 13.0. The second kappa shape index (κ2) is 5.76. The number of benzene rings is 1. The van der Waals surface area contributed by atoms with Gasteiger partial charge in [-0.25, -0.2) is 0 Å². The summed E-state index contributed by atoms with van der Waals surface area (Å²) in [7, 11) is 0. The average molecular weight is 247 g/mol. The number of carbonyl (C=O) groups is 1. The van der Waals surface area contributed by atoms with Crippen molar-refractivity contribution in [2.45, 2.75) is 25.7 Å². The Hall–Kier alpha value is -1.71. The predicted octanol–water partition coefficient (Wildman–Crippen LogP) is 1.75. The second-order valence-electron chi connectivity index (χ2n) is 4.99. The second-order valence-corrected chi connectivity index (χ2v) is 4.99. The summed E-state index contributed by atoms with van der Waals surface area (Å²) in [4.78, 5) is 13.7. The van der Waals surface area contributed by atoms with E-state index in [1.165, 1.54) is 0 Å². The number of primary amides is 1. The van der Waals surface area contributed by atoms with Gasteiger partial charge in [0.2, 0.25) is 5.91 Å². The third-order valence-corrected chi connectivity index (χ3v) is 3.58. The van der Waals surface area contributed by atoms with Gasteiger partial charge < -0.3 is 16.4 Å². The number of hydrogen-bond donors (Lipinski definition) is 2. The van der Waals surface area contributed by atoms with Crippen molar-refractivity contribution in [3.63, 3.8) is 0 Å². The van der Waals surface area contributed by atoms with E-state index in [-0.39, 0.29) is 11.8 Å². The van der Waals surface area contributed by atoms with Crippen LogP contribution < -0.4 is 16.4 Å². The van der Waals surface area contributed by atoms with E-state index in [0.29, 0.717) is 0 Å². The Kier molecular flexibility index (Phi) is 4.07. The molecular weight excluding hydrogens is 226 g/mol. The van der Waals surface area contributed by atoms with Crippen molar-refractivity contribution in [3.8, 4) is 0 Å². The van der Waals surface area contributed by atoms with Crippen molar-refractivity contribution in [2.75, 3.05) is 23.7 Å². The van der Waals surface area contributed by atoms with Gasteiger partial charge in [-0.3, -0.25) is 4.79 Å². The molecule has 0 bridgehead atoms. The Balaban J connectivity index is 2.13. The minimum absolute atomic E-state index is 0.0390. The van der Waals surface area contributed by atoms with E-state index in [2.05, 4.69) is 4.90 Å². The number of hydrogen-bond acceptors (Lipinski definition) is 3. The van der Waals surface area contributed by atoms with E-state index in [1.54, 1.807) is 0 Å². The van der Waals surface area contributed by atoms with E-state index in [0.717, 1.165) is 50.1 Å². The van der Waals surface area contributed by atoms with Gasteiger partial charge in [0.25, 0.3) is 0 Å². The molecule has 1 aliphatic heterocycles. The van der Waals surface area contributed by atoms with Gasteiger partial charge in [0.15, 0.2) is 0 Å². The normalized spacial score (nSPS) is 21.1. The maximum atomic E-state index is 11.4. The molecule has 0 aliphatic carbocycles. The smallest absolute Gasteiger partial charge is 0.222 e. The summed E-state index contributed by atoms with van der Waals surface area (Å²) in [5, 5.41) is 0. The van der Waals surface area contributed by atoms with Crippen LogP contribution in [0.25, 0.3) is 0 Å². The molecule has 4 nitrogen and oxygen atoms in total. The Morgan fingerprint density at radius 2 is 1.89 bits per heavy atom. The van der Waals surface area contributed by atoms with Crippen molar-refractivity contribution in [3.05, 3.63) is 24.3 Å². The van der Waals surface area contributed by atoms with Gasteiger partial charge in [0.1, 0.15) is 0 Å². The molecule has 1 fully saturated rings. The van der Waals surface area contributed by atoms with Crippen molar-refractivity contribution >= 4 is 17.3 Å². The van der Waals surface area contributed by atoms with Gasteiger partial charge in [0, 0.05) is 24.5 Å². The summed E-state index contributed by atoms with van der Waals surface area (Å²) in [6.07, 6.45) is 4.33. The highest BCUT2D eigenvalue weighted by atomic mass is 16.1. The highest BCUT2D eigenvalue weighted by Crippen LogP contribution is 2.22. The molecule has 98 valence electrons. The number of carbonyl (C=O) groups excluding carboxylic acids is 1. The van der Waals surface area contributed by atoms with Gasteiger partial charge >= 0.3 is 0 Å². The molecule has 1 aromatic carbocycles. The van der Waals surface area contributed by atoms with Crippen LogP contribution in [-0.4, -0.2) is 19.0 Å². The van der Waals surface area contributed by atoms with Crippen LogP contribution in [0.4, 0.5) is 11.4 Å². The molecule has 1 atom stereocenters. The van der Waals surface area contributed by atoms with Gasteiger partial charge in [0.05, 0.1) is 5.92 Å². The summed E-state index contributed by atoms with van der Waals surface area (Å²) in [6.45, 7) is 1.70. The third-order valence-electron chi connectivity index (χ3n) is 3.58. The number of nitrogens with zero attached hydrogens (tertiary/aromatic N) is 1. The Labute approximate surface area is 108 Å². The Morgan fingerprint density at radius 3 is 2.56 bits per heavy atom. The van der Waals surface area contributed by atoms with E-state index >= 15 is 0 Å². The zero-order valence-electron chi connectivity index (χ0n) is 10.6. The molecule has 1 aliphatic rings. The van der Waals surface area contributed by atoms with E-state index < -0.39 is 0 Å². The van der Waals surface area contributed by atoms with Gasteiger partial charge in [-0.15, -0.1) is 0 Å². The Bertz CT molecular complexity index is 402. The first kappa shape index (κ1) is 12.7. The van der Waals surface area contributed by atoms with Gasteiger partial charge in [-0.2, -0.15) is 0 Å². The lowest BCUT2D eigenvalue weighted by Gasteiger charge is -2.30. The average Bonchev–Trinajstić information content (AvgIpc) is 2.30. The summed E-state index contributed by atoms with van der Waals surface area (Å²) < 4.78 is 0. The number of amides is 1. The van der Waals surface area contributed by atoms with E-state index in [4.69, 9.17) is 11.5 Å². The fraction of sp³-hybridized carbons (Fsp3) is 0.500. The van der Waals surface area contributed by atoms with Gasteiger partial charge in [-0.1, -0.05) is 12.8 Å². The molecule has 1 heterocycles. The molecule has 1 saturated heterocycles. The fourth-order valence-electron chi connectivity index (χ4n) is 2.47. The lowest BCUT2D eigenvalue weighted by Crippen LogP contribution is -2.38. The summed E-state index contributed by atoms with van der Waals surface area (Å²) >= 11 is 0. The molecular formula is C14H21N3O. The zero-order valence-corrected chi connectivity index (χ0v) is 10.6. The summed E-state index contributed by atoms with van der Waals surface area (Å²) in [5.41, 5.74) is 13.0. The molecule has 0 spiro atoms. The van der Waals surface area contributed by atoms with Crippen molar-refractivity contribution < 1.29 is 4.79 Å². The molecule has 4 heteroatoms. The van der Waals surface area contributed by atoms with Crippen LogP contribution in [0.2, 0.25) is 0 Å². The summed E-state index contributed by atoms with van der Waals surface area (Å²) in [5.74, 6) is -0.222. The van der Waals surface area contributed by atoms with Crippen LogP contribution in [0.3, 0.4) is 0 Å². The molecule has 0 aromatic heterocycles.